The highest BCUT2D eigenvalue weighted by Crippen LogP contribution is 2.47. The lowest BCUT2D eigenvalue weighted by molar-refractivity contribution is -0.135. The molecule has 110 valence electrons. The lowest BCUT2D eigenvalue weighted by atomic mass is 10.0. The highest BCUT2D eigenvalue weighted by Gasteiger charge is 2.57. The lowest BCUT2D eigenvalue weighted by Crippen LogP contribution is -2.48. The van der Waals surface area contributed by atoms with E-state index in [2.05, 4.69) is 10.6 Å². The first-order valence-electron chi connectivity index (χ1n) is 6.91. The third-order valence-corrected chi connectivity index (χ3v) is 3.38. The summed E-state index contributed by atoms with van der Waals surface area (Å²) < 4.78 is 0. The van der Waals surface area contributed by atoms with E-state index in [1.165, 1.54) is 0 Å². The van der Waals surface area contributed by atoms with Gasteiger partial charge in [0.1, 0.15) is 5.41 Å². The fraction of sp³-hybridized carbons (Fsp3) is 0.438. The quantitative estimate of drug-likeness (QED) is 0.835. The second-order valence-electron chi connectivity index (χ2n) is 6.43. The number of hydrogen-bond donors (Lipinski definition) is 2. The summed E-state index contributed by atoms with van der Waals surface area (Å²) in [5.41, 5.74) is -0.184. The van der Waals surface area contributed by atoms with E-state index in [0.29, 0.717) is 24.1 Å². The number of nitrogens with one attached hydrogen (secondary N) is 2. The number of benzene rings is 1. The molecule has 0 unspecified atom stereocenters. The molecule has 5 heteroatoms. The average Bonchev–Trinajstić information content (AvgIpc) is 3.19. The Hall–Kier alpha value is -2.35. The van der Waals surface area contributed by atoms with Gasteiger partial charge < -0.3 is 10.6 Å². The van der Waals surface area contributed by atoms with Gasteiger partial charge in [0, 0.05) is 11.2 Å². The number of nitriles is 1. The van der Waals surface area contributed by atoms with Crippen LogP contribution < -0.4 is 10.6 Å². The van der Waals surface area contributed by atoms with Gasteiger partial charge in [-0.05, 0) is 57.9 Å². The predicted molar refractivity (Wildman–Crippen MR) is 79.3 cm³/mol. The number of carbonyl (C=O) groups excluding carboxylic acids is 2. The summed E-state index contributed by atoms with van der Waals surface area (Å²) in [5.74, 6) is -0.505. The third-order valence-electron chi connectivity index (χ3n) is 3.38. The van der Waals surface area contributed by atoms with E-state index in [9.17, 15) is 9.59 Å². The molecule has 0 bridgehead atoms. The first kappa shape index (κ1) is 15.0. The van der Waals surface area contributed by atoms with Crippen LogP contribution in [0.4, 0.5) is 5.69 Å². The topological polar surface area (TPSA) is 82.0 Å². The van der Waals surface area contributed by atoms with Crippen LogP contribution >= 0.6 is 0 Å². The van der Waals surface area contributed by atoms with Gasteiger partial charge in [0.05, 0.1) is 11.6 Å². The molecule has 21 heavy (non-hydrogen) atoms. The van der Waals surface area contributed by atoms with E-state index in [4.69, 9.17) is 5.26 Å². The summed E-state index contributed by atoms with van der Waals surface area (Å²) in [6.45, 7) is 5.67. The fourth-order valence-corrected chi connectivity index (χ4v) is 2.02. The summed E-state index contributed by atoms with van der Waals surface area (Å²) in [6, 6.07) is 8.60. The molecule has 5 nitrogen and oxygen atoms in total. The summed E-state index contributed by atoms with van der Waals surface area (Å²) in [7, 11) is 0. The van der Waals surface area contributed by atoms with Crippen molar-refractivity contribution in [2.24, 2.45) is 5.41 Å². The molecule has 0 aliphatic heterocycles. The molecule has 1 aromatic rings. The van der Waals surface area contributed by atoms with Crippen LogP contribution in [-0.4, -0.2) is 17.4 Å². The maximum absolute atomic E-state index is 12.3. The van der Waals surface area contributed by atoms with Gasteiger partial charge in [0.15, 0.2) is 0 Å². The Morgan fingerprint density at radius 2 is 1.71 bits per heavy atom. The molecule has 1 saturated carbocycles. The van der Waals surface area contributed by atoms with Crippen LogP contribution in [0.15, 0.2) is 24.3 Å². The number of rotatable bonds is 3. The Morgan fingerprint density at radius 3 is 2.14 bits per heavy atom. The van der Waals surface area contributed by atoms with Gasteiger partial charge in [-0.25, -0.2) is 0 Å². The lowest BCUT2D eigenvalue weighted by Gasteiger charge is -2.24. The Bertz CT molecular complexity index is 602. The zero-order valence-corrected chi connectivity index (χ0v) is 12.5. The molecule has 1 aliphatic carbocycles. The van der Waals surface area contributed by atoms with Crippen molar-refractivity contribution in [3.05, 3.63) is 29.8 Å². The zero-order valence-electron chi connectivity index (χ0n) is 12.5. The molecule has 0 heterocycles. The largest absolute Gasteiger partial charge is 0.351 e. The van der Waals surface area contributed by atoms with Crippen molar-refractivity contribution >= 4 is 17.5 Å². The second kappa shape index (κ2) is 5.21. The molecule has 2 rings (SSSR count). The SMILES string of the molecule is CC(C)(C)NC(=O)C1(C(=O)Nc2ccc(C#N)cc2)CC1. The van der Waals surface area contributed by atoms with E-state index >= 15 is 0 Å². The molecule has 2 amide bonds. The zero-order chi connectivity index (χ0) is 15.7. The summed E-state index contributed by atoms with van der Waals surface area (Å²) in [5, 5.41) is 14.4. The van der Waals surface area contributed by atoms with Crippen molar-refractivity contribution in [2.75, 3.05) is 5.32 Å². The van der Waals surface area contributed by atoms with Gasteiger partial charge in [-0.2, -0.15) is 5.26 Å². The van der Waals surface area contributed by atoms with Gasteiger partial charge in [-0.3, -0.25) is 9.59 Å². The summed E-state index contributed by atoms with van der Waals surface area (Å²) in [4.78, 5) is 24.6. The van der Waals surface area contributed by atoms with Crippen LogP contribution in [0, 0.1) is 16.7 Å². The fourth-order valence-electron chi connectivity index (χ4n) is 2.02. The maximum Gasteiger partial charge on any atom is 0.240 e. The highest BCUT2D eigenvalue weighted by atomic mass is 16.2. The van der Waals surface area contributed by atoms with Crippen LogP contribution in [0.5, 0.6) is 0 Å². The van der Waals surface area contributed by atoms with Crippen molar-refractivity contribution < 1.29 is 9.59 Å². The Balaban J connectivity index is 2.05. The molecular formula is C16H19N3O2. The monoisotopic (exact) mass is 285 g/mol. The van der Waals surface area contributed by atoms with E-state index in [1.807, 2.05) is 26.8 Å². The minimum atomic E-state index is -0.943. The van der Waals surface area contributed by atoms with Gasteiger partial charge in [0.2, 0.25) is 11.8 Å². The molecular weight excluding hydrogens is 266 g/mol. The van der Waals surface area contributed by atoms with Gasteiger partial charge >= 0.3 is 0 Å². The van der Waals surface area contributed by atoms with Gasteiger partial charge in [-0.15, -0.1) is 0 Å². The molecule has 0 aromatic heterocycles. The van der Waals surface area contributed by atoms with Crippen LogP contribution in [-0.2, 0) is 9.59 Å². The number of amides is 2. The molecule has 0 spiro atoms. The van der Waals surface area contributed by atoms with E-state index in [-0.39, 0.29) is 17.4 Å². The van der Waals surface area contributed by atoms with Crippen molar-refractivity contribution in [3.63, 3.8) is 0 Å². The van der Waals surface area contributed by atoms with Crippen molar-refractivity contribution in [3.8, 4) is 6.07 Å². The highest BCUT2D eigenvalue weighted by molar-refractivity contribution is 6.13. The molecule has 2 N–H and O–H groups in total. The Morgan fingerprint density at radius 1 is 1.14 bits per heavy atom. The molecule has 0 radical (unpaired) electrons. The molecule has 0 saturated heterocycles. The van der Waals surface area contributed by atoms with Crippen LogP contribution in [0.1, 0.15) is 39.2 Å². The third kappa shape index (κ3) is 3.40. The summed E-state index contributed by atoms with van der Waals surface area (Å²) >= 11 is 0. The average molecular weight is 285 g/mol. The summed E-state index contributed by atoms with van der Waals surface area (Å²) in [6.07, 6.45) is 1.13. The number of carbonyl (C=O) groups is 2. The van der Waals surface area contributed by atoms with E-state index in [1.54, 1.807) is 24.3 Å². The van der Waals surface area contributed by atoms with Crippen LogP contribution in [0.25, 0.3) is 0 Å². The van der Waals surface area contributed by atoms with Gasteiger partial charge in [0.25, 0.3) is 0 Å². The molecule has 1 aromatic carbocycles. The maximum atomic E-state index is 12.3. The minimum Gasteiger partial charge on any atom is -0.351 e. The van der Waals surface area contributed by atoms with Gasteiger partial charge in [-0.1, -0.05) is 0 Å². The first-order chi connectivity index (χ1) is 9.77. The van der Waals surface area contributed by atoms with Crippen LogP contribution in [0.2, 0.25) is 0 Å². The standard InChI is InChI=1S/C16H19N3O2/c1-15(2,3)19-14(21)16(8-9-16)13(20)18-12-6-4-11(10-17)5-7-12/h4-7H,8-9H2,1-3H3,(H,18,20)(H,19,21). The van der Waals surface area contributed by atoms with E-state index in [0.717, 1.165) is 0 Å². The van der Waals surface area contributed by atoms with Crippen molar-refractivity contribution in [2.45, 2.75) is 39.2 Å². The Labute approximate surface area is 124 Å². The number of nitrogens with zero attached hydrogens (tertiary/aromatic N) is 1. The smallest absolute Gasteiger partial charge is 0.240 e. The molecule has 1 aliphatic rings. The number of anilines is 1. The minimum absolute atomic E-state index is 0.221. The number of hydrogen-bond acceptors (Lipinski definition) is 3. The predicted octanol–water partition coefficient (Wildman–Crippen LogP) is 2.19. The molecule has 1 fully saturated rings. The van der Waals surface area contributed by atoms with Crippen molar-refractivity contribution in [1.29, 1.82) is 5.26 Å². The second-order valence-corrected chi connectivity index (χ2v) is 6.43. The molecule has 0 atom stereocenters. The van der Waals surface area contributed by atoms with E-state index < -0.39 is 5.41 Å². The first-order valence-corrected chi connectivity index (χ1v) is 6.91. The Kier molecular flexibility index (Phi) is 3.73. The van der Waals surface area contributed by atoms with Crippen LogP contribution in [0.3, 0.4) is 0 Å². The van der Waals surface area contributed by atoms with Crippen molar-refractivity contribution in [1.82, 2.24) is 5.32 Å². The normalized spacial score (nSPS) is 15.7.